The molecule has 2 heterocycles. The van der Waals surface area contributed by atoms with E-state index in [-0.39, 0.29) is 11.9 Å². The first-order valence-corrected chi connectivity index (χ1v) is 7.75. The molecule has 2 aliphatic rings. The fourth-order valence-corrected chi connectivity index (χ4v) is 3.58. The van der Waals surface area contributed by atoms with Crippen LogP contribution in [0.15, 0.2) is 18.3 Å². The third-order valence-electron chi connectivity index (χ3n) is 4.87. The van der Waals surface area contributed by atoms with Crippen molar-refractivity contribution in [2.24, 2.45) is 0 Å². The second-order valence-electron chi connectivity index (χ2n) is 6.22. The molecule has 112 valence electrons. The highest BCUT2D eigenvalue weighted by Crippen LogP contribution is 2.29. The van der Waals surface area contributed by atoms with Gasteiger partial charge in [0.25, 0.3) is 0 Å². The molecule has 1 aromatic rings. The second-order valence-corrected chi connectivity index (χ2v) is 6.22. The van der Waals surface area contributed by atoms with Crippen molar-refractivity contribution in [3.05, 3.63) is 24.0 Å². The summed E-state index contributed by atoms with van der Waals surface area (Å²) in [5.41, 5.74) is 0.640. The van der Waals surface area contributed by atoms with Crippen LogP contribution in [-0.4, -0.2) is 34.0 Å². The molecule has 3 rings (SSSR count). The lowest BCUT2D eigenvalue weighted by molar-refractivity contribution is -0.124. The molecule has 21 heavy (non-hydrogen) atoms. The first-order chi connectivity index (χ1) is 10.1. The summed E-state index contributed by atoms with van der Waals surface area (Å²) in [4.78, 5) is 14.5. The van der Waals surface area contributed by atoms with Crippen molar-refractivity contribution in [3.8, 4) is 6.07 Å². The Hall–Kier alpha value is -1.80. The van der Waals surface area contributed by atoms with E-state index in [0.29, 0.717) is 6.54 Å². The highest BCUT2D eigenvalue weighted by molar-refractivity contribution is 5.79. The molecule has 1 unspecified atom stereocenters. The summed E-state index contributed by atoms with van der Waals surface area (Å²) < 4.78 is 2.24. The fourth-order valence-electron chi connectivity index (χ4n) is 3.58. The molecule has 1 amide bonds. The van der Waals surface area contributed by atoms with E-state index in [1.807, 2.05) is 0 Å². The van der Waals surface area contributed by atoms with Crippen LogP contribution in [0, 0.1) is 11.3 Å². The lowest BCUT2D eigenvalue weighted by Gasteiger charge is -2.35. The van der Waals surface area contributed by atoms with Crippen LogP contribution < -0.4 is 5.32 Å². The highest BCUT2D eigenvalue weighted by atomic mass is 16.2. The average Bonchev–Trinajstić information content (AvgIpc) is 3.11. The number of nitriles is 1. The molecule has 1 N–H and O–H groups in total. The number of fused-ring (bicyclic) bond motifs is 1. The lowest BCUT2D eigenvalue weighted by atomic mass is 10.00. The monoisotopic (exact) mass is 286 g/mol. The number of aromatic nitrogens is 1. The zero-order valence-electron chi connectivity index (χ0n) is 12.5. The van der Waals surface area contributed by atoms with E-state index >= 15 is 0 Å². The molecule has 1 atom stereocenters. The third-order valence-corrected chi connectivity index (χ3v) is 4.87. The van der Waals surface area contributed by atoms with Gasteiger partial charge in [-0.25, -0.2) is 0 Å². The van der Waals surface area contributed by atoms with Gasteiger partial charge in [-0.15, -0.1) is 0 Å². The zero-order chi connectivity index (χ0) is 14.9. The molecule has 1 fully saturated rings. The molecule has 1 aliphatic heterocycles. The van der Waals surface area contributed by atoms with Crippen LogP contribution in [0.3, 0.4) is 0 Å². The quantitative estimate of drug-likeness (QED) is 0.922. The van der Waals surface area contributed by atoms with Crippen molar-refractivity contribution in [1.82, 2.24) is 14.8 Å². The van der Waals surface area contributed by atoms with E-state index in [0.717, 1.165) is 38.8 Å². The number of rotatable bonds is 3. The Morgan fingerprint density at radius 3 is 2.95 bits per heavy atom. The predicted molar refractivity (Wildman–Crippen MR) is 79.4 cm³/mol. The number of amides is 1. The summed E-state index contributed by atoms with van der Waals surface area (Å²) in [7, 11) is 0. The number of carbonyl (C=O) groups excluding carboxylic acids is 1. The van der Waals surface area contributed by atoms with Gasteiger partial charge in [0.2, 0.25) is 5.91 Å². The van der Waals surface area contributed by atoms with E-state index in [9.17, 15) is 10.1 Å². The van der Waals surface area contributed by atoms with Crippen LogP contribution in [0.1, 0.15) is 44.3 Å². The van der Waals surface area contributed by atoms with Crippen molar-refractivity contribution in [3.63, 3.8) is 0 Å². The zero-order valence-corrected chi connectivity index (χ0v) is 12.5. The number of nitrogens with zero attached hydrogens (tertiary/aromatic N) is 3. The Labute approximate surface area is 125 Å². The first-order valence-electron chi connectivity index (χ1n) is 7.75. The molecule has 5 heteroatoms. The highest BCUT2D eigenvalue weighted by Gasteiger charge is 2.36. The van der Waals surface area contributed by atoms with Gasteiger partial charge in [-0.3, -0.25) is 9.69 Å². The first kappa shape index (κ1) is 14.2. The molecule has 5 nitrogen and oxygen atoms in total. The maximum absolute atomic E-state index is 12.3. The van der Waals surface area contributed by atoms with Crippen LogP contribution in [-0.2, 0) is 11.3 Å². The van der Waals surface area contributed by atoms with E-state index in [2.05, 4.69) is 46.1 Å². The van der Waals surface area contributed by atoms with Gasteiger partial charge in [0, 0.05) is 31.0 Å². The molecular weight excluding hydrogens is 264 g/mol. The largest absolute Gasteiger partial charge is 0.349 e. The van der Waals surface area contributed by atoms with Crippen LogP contribution >= 0.6 is 0 Å². The molecule has 0 radical (unpaired) electrons. The Morgan fingerprint density at radius 1 is 1.48 bits per heavy atom. The second kappa shape index (κ2) is 5.53. The van der Waals surface area contributed by atoms with Gasteiger partial charge in [0.1, 0.15) is 5.54 Å². The van der Waals surface area contributed by atoms with Gasteiger partial charge >= 0.3 is 0 Å². The maximum Gasteiger partial charge on any atom is 0.235 e. The smallest absolute Gasteiger partial charge is 0.235 e. The lowest BCUT2D eigenvalue weighted by Crippen LogP contribution is -2.50. The Bertz CT molecular complexity index is 565. The number of nitrogens with one attached hydrogen (secondary N) is 1. The molecule has 1 aromatic heterocycles. The van der Waals surface area contributed by atoms with Crippen LogP contribution in [0.4, 0.5) is 0 Å². The maximum atomic E-state index is 12.3. The Kier molecular flexibility index (Phi) is 3.73. The van der Waals surface area contributed by atoms with E-state index < -0.39 is 5.54 Å². The predicted octanol–water partition coefficient (Wildman–Crippen LogP) is 1.82. The van der Waals surface area contributed by atoms with Gasteiger partial charge < -0.3 is 9.88 Å². The minimum Gasteiger partial charge on any atom is -0.349 e. The van der Waals surface area contributed by atoms with Gasteiger partial charge in [0.15, 0.2) is 0 Å². The molecule has 0 spiro atoms. The standard InChI is InChI=1S/C16H22N4O/c1-13-14-5-4-8-19(14)9-10-20(13)11-15(21)18-16(12-17)6-2-3-7-16/h4-5,8,13H,2-3,6-7,9-11H2,1H3,(H,18,21). The van der Waals surface area contributed by atoms with Crippen molar-refractivity contribution in [1.29, 1.82) is 5.26 Å². The summed E-state index contributed by atoms with van der Waals surface area (Å²) in [5.74, 6) is -0.0229. The van der Waals surface area contributed by atoms with E-state index in [4.69, 9.17) is 0 Å². The summed E-state index contributed by atoms with van der Waals surface area (Å²) in [5, 5.41) is 12.3. The number of hydrogen-bond donors (Lipinski definition) is 1. The van der Waals surface area contributed by atoms with Gasteiger partial charge in [-0.1, -0.05) is 0 Å². The van der Waals surface area contributed by atoms with Crippen molar-refractivity contribution >= 4 is 5.91 Å². The fraction of sp³-hybridized carbons (Fsp3) is 0.625. The minimum absolute atomic E-state index is 0.0229. The normalized spacial score (nSPS) is 24.3. The van der Waals surface area contributed by atoms with Crippen LogP contribution in [0.5, 0.6) is 0 Å². The minimum atomic E-state index is -0.615. The van der Waals surface area contributed by atoms with Crippen molar-refractivity contribution in [2.45, 2.75) is 50.7 Å². The molecule has 1 saturated carbocycles. The summed E-state index contributed by atoms with van der Waals surface area (Å²) in [6, 6.07) is 6.72. The van der Waals surface area contributed by atoms with Gasteiger partial charge in [-0.05, 0) is 44.7 Å². The number of hydrogen-bond acceptors (Lipinski definition) is 3. The SMILES string of the molecule is CC1c2cccn2CCN1CC(=O)NC1(C#N)CCCC1. The molecule has 0 aromatic carbocycles. The van der Waals surface area contributed by atoms with Crippen LogP contribution in [0.25, 0.3) is 0 Å². The van der Waals surface area contributed by atoms with Crippen molar-refractivity contribution in [2.75, 3.05) is 13.1 Å². The summed E-state index contributed by atoms with van der Waals surface area (Å²) >= 11 is 0. The van der Waals surface area contributed by atoms with E-state index in [1.54, 1.807) is 0 Å². The average molecular weight is 286 g/mol. The van der Waals surface area contributed by atoms with Crippen LogP contribution in [0.2, 0.25) is 0 Å². The Balaban J connectivity index is 1.62. The topological polar surface area (TPSA) is 61.1 Å². The summed E-state index contributed by atoms with van der Waals surface area (Å²) in [6.07, 6.45) is 5.72. The van der Waals surface area contributed by atoms with Gasteiger partial charge in [-0.2, -0.15) is 5.26 Å². The third kappa shape index (κ3) is 2.68. The molecule has 0 bridgehead atoms. The molecular formula is C16H22N4O. The Morgan fingerprint density at radius 2 is 2.24 bits per heavy atom. The van der Waals surface area contributed by atoms with E-state index in [1.165, 1.54) is 5.69 Å². The van der Waals surface area contributed by atoms with Crippen molar-refractivity contribution < 1.29 is 4.79 Å². The molecule has 0 saturated heterocycles. The van der Waals surface area contributed by atoms with Gasteiger partial charge in [0.05, 0.1) is 12.6 Å². The summed E-state index contributed by atoms with van der Waals surface area (Å²) in [6.45, 7) is 4.29. The number of carbonyl (C=O) groups is 1. The molecule has 1 aliphatic carbocycles.